The van der Waals surface area contributed by atoms with Crippen LogP contribution in [-0.4, -0.2) is 33.6 Å². The van der Waals surface area contributed by atoms with E-state index in [-0.39, 0.29) is 35.9 Å². The minimum atomic E-state index is -0.204. The second-order valence-corrected chi connectivity index (χ2v) is 13.1. The number of aliphatic hydroxyl groups is 2. The summed E-state index contributed by atoms with van der Waals surface area (Å²) < 4.78 is 0. The Labute approximate surface area is 230 Å². The fourth-order valence-electron chi connectivity index (χ4n) is 7.47. The van der Waals surface area contributed by atoms with Crippen LogP contribution in [-0.2, 0) is 23.7 Å². The summed E-state index contributed by atoms with van der Waals surface area (Å²) in [7, 11) is 0. The van der Waals surface area contributed by atoms with Gasteiger partial charge in [0.15, 0.2) is 0 Å². The molecule has 4 rings (SSSR count). The van der Waals surface area contributed by atoms with Crippen LogP contribution in [0.1, 0.15) is 131 Å². The lowest BCUT2D eigenvalue weighted by atomic mass is 9.67. The zero-order valence-corrected chi connectivity index (χ0v) is 24.2. The van der Waals surface area contributed by atoms with Crippen molar-refractivity contribution in [3.05, 3.63) is 57.6 Å². The molecule has 0 aliphatic heterocycles. The molecule has 2 fully saturated rings. The Morgan fingerprint density at radius 1 is 0.632 bits per heavy atom. The Hall–Kier alpha value is -2.04. The molecule has 0 heterocycles. The molecule has 210 valence electrons. The first-order valence-electron chi connectivity index (χ1n) is 15.1. The average Bonchev–Trinajstić information content (AvgIpc) is 2.88. The Kier molecular flexibility index (Phi) is 9.15. The first kappa shape index (κ1) is 29.0. The maximum absolute atomic E-state index is 11.9. The number of hydrogen-bond donors (Lipinski definition) is 4. The second-order valence-electron chi connectivity index (χ2n) is 13.1. The number of phenolic OH excluding ortho intramolecular Hbond substituents is 2. The predicted octanol–water partition coefficient (Wildman–Crippen LogP) is 7.40. The Balaban J connectivity index is 1.93. The summed E-state index contributed by atoms with van der Waals surface area (Å²) in [4.78, 5) is 0. The van der Waals surface area contributed by atoms with Crippen molar-refractivity contribution in [2.45, 2.75) is 121 Å². The lowest BCUT2D eigenvalue weighted by Gasteiger charge is -2.38. The molecule has 0 radical (unpaired) electrons. The topological polar surface area (TPSA) is 80.9 Å². The molecule has 0 saturated heterocycles. The van der Waals surface area contributed by atoms with Gasteiger partial charge in [-0.25, -0.2) is 0 Å². The SMILES string of the molecule is CC(C)C(c1cc(CCO)cc(C2(C)CCCCC2)c1O)c1cc(CCO)cc(C2(C)CCCCC2)c1O. The smallest absolute Gasteiger partial charge is 0.123 e. The molecule has 0 aromatic heterocycles. The van der Waals surface area contributed by atoms with Crippen LogP contribution in [0, 0.1) is 5.92 Å². The molecule has 0 unspecified atom stereocenters. The fraction of sp³-hybridized carbons (Fsp3) is 0.647. The van der Waals surface area contributed by atoms with Gasteiger partial charge in [-0.2, -0.15) is 0 Å². The molecule has 0 spiro atoms. The molecule has 2 aromatic carbocycles. The van der Waals surface area contributed by atoms with Crippen LogP contribution in [0.5, 0.6) is 11.5 Å². The van der Waals surface area contributed by atoms with E-state index in [9.17, 15) is 20.4 Å². The Bertz CT molecular complexity index is 1010. The third-order valence-corrected chi connectivity index (χ3v) is 9.75. The van der Waals surface area contributed by atoms with Crippen molar-refractivity contribution in [1.29, 1.82) is 0 Å². The standard InChI is InChI=1S/C34H50O4/c1-23(2)30(26-19-24(11-17-35)21-28(31(26)37)33(3)13-7-5-8-14-33)27-20-25(12-18-36)22-29(32(27)38)34(4)15-9-6-10-16-34/h19-23,30,35-38H,5-18H2,1-4H3. The monoisotopic (exact) mass is 522 g/mol. The molecule has 0 bridgehead atoms. The molecular formula is C34H50O4. The predicted molar refractivity (Wildman–Crippen MR) is 155 cm³/mol. The highest BCUT2D eigenvalue weighted by Crippen LogP contribution is 2.51. The van der Waals surface area contributed by atoms with Gasteiger partial charge in [0.05, 0.1) is 0 Å². The van der Waals surface area contributed by atoms with Crippen LogP contribution in [0.2, 0.25) is 0 Å². The van der Waals surface area contributed by atoms with Crippen LogP contribution in [0.25, 0.3) is 0 Å². The second kappa shape index (κ2) is 12.0. The molecular weight excluding hydrogens is 472 g/mol. The lowest BCUT2D eigenvalue weighted by Crippen LogP contribution is -2.27. The van der Waals surface area contributed by atoms with E-state index in [1.54, 1.807) is 0 Å². The number of benzene rings is 2. The van der Waals surface area contributed by atoms with Crippen molar-refractivity contribution < 1.29 is 20.4 Å². The maximum Gasteiger partial charge on any atom is 0.123 e. The van der Waals surface area contributed by atoms with Crippen LogP contribution < -0.4 is 0 Å². The van der Waals surface area contributed by atoms with Crippen LogP contribution >= 0.6 is 0 Å². The van der Waals surface area contributed by atoms with Gasteiger partial charge < -0.3 is 20.4 Å². The highest BCUT2D eigenvalue weighted by atomic mass is 16.3. The van der Waals surface area contributed by atoms with Crippen molar-refractivity contribution in [1.82, 2.24) is 0 Å². The van der Waals surface area contributed by atoms with Crippen molar-refractivity contribution in [3.8, 4) is 11.5 Å². The average molecular weight is 523 g/mol. The summed E-state index contributed by atoms with van der Waals surface area (Å²) >= 11 is 0. The van der Waals surface area contributed by atoms with Gasteiger partial charge in [-0.15, -0.1) is 0 Å². The largest absolute Gasteiger partial charge is 0.507 e. The van der Waals surface area contributed by atoms with Gasteiger partial charge in [-0.3, -0.25) is 0 Å². The molecule has 38 heavy (non-hydrogen) atoms. The fourth-order valence-corrected chi connectivity index (χ4v) is 7.47. The molecule has 4 N–H and O–H groups in total. The normalized spacial score (nSPS) is 19.3. The number of phenols is 2. The van der Waals surface area contributed by atoms with Crippen LogP contribution in [0.4, 0.5) is 0 Å². The Morgan fingerprint density at radius 3 is 1.32 bits per heavy atom. The first-order valence-corrected chi connectivity index (χ1v) is 15.1. The minimum absolute atomic E-state index is 0.0620. The van der Waals surface area contributed by atoms with Crippen LogP contribution in [0.3, 0.4) is 0 Å². The Morgan fingerprint density at radius 2 is 1.00 bits per heavy atom. The van der Waals surface area contributed by atoms with E-state index in [0.717, 1.165) is 84.7 Å². The number of rotatable bonds is 9. The lowest BCUT2D eigenvalue weighted by molar-refractivity contribution is 0.295. The third kappa shape index (κ3) is 5.77. The summed E-state index contributed by atoms with van der Waals surface area (Å²) in [5, 5.41) is 43.5. The van der Waals surface area contributed by atoms with Gasteiger partial charge in [0.25, 0.3) is 0 Å². The molecule has 2 saturated carbocycles. The molecule has 0 amide bonds. The van der Waals surface area contributed by atoms with E-state index in [0.29, 0.717) is 24.3 Å². The molecule has 2 aromatic rings. The van der Waals surface area contributed by atoms with E-state index in [4.69, 9.17) is 0 Å². The van der Waals surface area contributed by atoms with Crippen molar-refractivity contribution in [3.63, 3.8) is 0 Å². The summed E-state index contributed by atoms with van der Waals surface area (Å²) in [6, 6.07) is 8.36. The maximum atomic E-state index is 11.9. The van der Waals surface area contributed by atoms with Crippen molar-refractivity contribution >= 4 is 0 Å². The van der Waals surface area contributed by atoms with Gasteiger partial charge in [0.2, 0.25) is 0 Å². The molecule has 4 nitrogen and oxygen atoms in total. The van der Waals surface area contributed by atoms with E-state index in [1.165, 1.54) is 12.8 Å². The first-order chi connectivity index (χ1) is 18.1. The molecule has 2 aliphatic rings. The number of aromatic hydroxyl groups is 2. The van der Waals surface area contributed by atoms with E-state index < -0.39 is 0 Å². The summed E-state index contributed by atoms with van der Waals surface area (Å²) in [5.74, 6) is 0.628. The summed E-state index contributed by atoms with van der Waals surface area (Å²) in [6.45, 7) is 8.99. The summed E-state index contributed by atoms with van der Waals surface area (Å²) in [6.07, 6.45) is 12.4. The zero-order chi connectivity index (χ0) is 27.5. The highest BCUT2D eigenvalue weighted by molar-refractivity contribution is 5.57. The number of aliphatic hydroxyl groups excluding tert-OH is 2. The van der Waals surface area contributed by atoms with Gasteiger partial charge in [0, 0.05) is 41.4 Å². The van der Waals surface area contributed by atoms with Gasteiger partial charge in [-0.1, -0.05) is 90.5 Å². The quantitative estimate of drug-likeness (QED) is 0.277. The molecule has 4 heteroatoms. The highest BCUT2D eigenvalue weighted by Gasteiger charge is 2.37. The van der Waals surface area contributed by atoms with Crippen molar-refractivity contribution in [2.24, 2.45) is 5.92 Å². The van der Waals surface area contributed by atoms with E-state index in [1.807, 2.05) is 0 Å². The third-order valence-electron chi connectivity index (χ3n) is 9.75. The zero-order valence-electron chi connectivity index (χ0n) is 24.2. The van der Waals surface area contributed by atoms with Gasteiger partial charge in [0.1, 0.15) is 11.5 Å². The van der Waals surface area contributed by atoms with Crippen molar-refractivity contribution in [2.75, 3.05) is 13.2 Å². The number of hydrogen-bond acceptors (Lipinski definition) is 4. The van der Waals surface area contributed by atoms with Gasteiger partial charge in [-0.05, 0) is 66.4 Å². The van der Waals surface area contributed by atoms with Gasteiger partial charge >= 0.3 is 0 Å². The molecule has 0 atom stereocenters. The minimum Gasteiger partial charge on any atom is -0.507 e. The van der Waals surface area contributed by atoms with Crippen LogP contribution in [0.15, 0.2) is 24.3 Å². The summed E-state index contributed by atoms with van der Waals surface area (Å²) in [5.41, 5.74) is 5.59. The molecule has 2 aliphatic carbocycles. The van der Waals surface area contributed by atoms with E-state index in [2.05, 4.69) is 52.0 Å². The van der Waals surface area contributed by atoms with E-state index >= 15 is 0 Å².